The fraction of sp³-hybridized carbons (Fsp3) is 0.286. The number of ether oxygens (including phenoxy) is 1. The van der Waals surface area contributed by atoms with E-state index in [9.17, 15) is 5.11 Å². The maximum Gasteiger partial charge on any atom is 0.170 e. The van der Waals surface area contributed by atoms with Crippen molar-refractivity contribution in [2.75, 3.05) is 26.3 Å². The van der Waals surface area contributed by atoms with Crippen LogP contribution in [0.1, 0.15) is 18.5 Å². The van der Waals surface area contributed by atoms with Crippen LogP contribution >= 0.6 is 0 Å². The molecular formula is C21H22N2O3. The lowest BCUT2D eigenvalue weighted by Gasteiger charge is -2.32. The third-order valence-electron chi connectivity index (χ3n) is 5.02. The molecule has 0 amide bonds. The summed E-state index contributed by atoms with van der Waals surface area (Å²) >= 11 is 0. The lowest BCUT2D eigenvalue weighted by atomic mass is 9.98. The topological polar surface area (TPSA) is 58.7 Å². The lowest BCUT2D eigenvalue weighted by Crippen LogP contribution is -2.37. The molecule has 2 aromatic carbocycles. The predicted octanol–water partition coefficient (Wildman–Crippen LogP) is 4.11. The number of phenolic OH excluding ortho intramolecular Hbond substituents is 1. The van der Waals surface area contributed by atoms with Crippen LogP contribution in [0.4, 0.5) is 0 Å². The van der Waals surface area contributed by atoms with E-state index >= 15 is 0 Å². The van der Waals surface area contributed by atoms with Crippen molar-refractivity contribution in [3.8, 4) is 28.2 Å². The van der Waals surface area contributed by atoms with Gasteiger partial charge in [-0.1, -0.05) is 35.5 Å². The molecule has 1 aromatic heterocycles. The molecule has 1 aliphatic rings. The molecule has 0 spiro atoms. The Morgan fingerprint density at radius 2 is 1.73 bits per heavy atom. The van der Waals surface area contributed by atoms with E-state index in [2.05, 4.69) is 41.2 Å². The third kappa shape index (κ3) is 3.36. The van der Waals surface area contributed by atoms with Gasteiger partial charge in [-0.25, -0.2) is 0 Å². The van der Waals surface area contributed by atoms with Crippen molar-refractivity contribution in [2.24, 2.45) is 0 Å². The highest BCUT2D eigenvalue weighted by Crippen LogP contribution is 2.34. The number of hydrogen-bond donors (Lipinski definition) is 1. The molecule has 4 rings (SSSR count). The standard InChI is InChI=1S/C21H22N2O3/c1-15(23-10-12-25-13-11-23)16-2-4-17(5-3-16)18-6-7-20(24)19(14-18)21-8-9-22-26-21/h2-9,14-15,24H,10-13H2,1H3/t15-/m1/s1. The zero-order chi connectivity index (χ0) is 17.9. The van der Waals surface area contributed by atoms with Crippen LogP contribution in [0.3, 0.4) is 0 Å². The maximum atomic E-state index is 10.1. The van der Waals surface area contributed by atoms with Gasteiger partial charge in [0.2, 0.25) is 0 Å². The SMILES string of the molecule is C[C@H](c1ccc(-c2ccc(O)c(-c3ccno3)c2)cc1)N1CCOCC1. The van der Waals surface area contributed by atoms with Crippen LogP contribution < -0.4 is 0 Å². The van der Waals surface area contributed by atoms with Crippen LogP contribution in [-0.2, 0) is 4.74 Å². The minimum Gasteiger partial charge on any atom is -0.507 e. The van der Waals surface area contributed by atoms with E-state index in [1.165, 1.54) is 5.56 Å². The summed E-state index contributed by atoms with van der Waals surface area (Å²) in [7, 11) is 0. The number of nitrogens with zero attached hydrogens (tertiary/aromatic N) is 2. The zero-order valence-corrected chi connectivity index (χ0v) is 14.8. The number of rotatable bonds is 4. The minimum atomic E-state index is 0.183. The summed E-state index contributed by atoms with van der Waals surface area (Å²) in [5, 5.41) is 13.8. The highest BCUT2D eigenvalue weighted by Gasteiger charge is 2.18. The van der Waals surface area contributed by atoms with Gasteiger partial charge in [-0.2, -0.15) is 0 Å². The maximum absolute atomic E-state index is 10.1. The highest BCUT2D eigenvalue weighted by molar-refractivity contribution is 5.75. The second-order valence-corrected chi connectivity index (χ2v) is 6.55. The Hall–Kier alpha value is -2.63. The van der Waals surface area contributed by atoms with Crippen LogP contribution in [-0.4, -0.2) is 41.5 Å². The number of hydrogen-bond acceptors (Lipinski definition) is 5. The van der Waals surface area contributed by atoms with Gasteiger partial charge in [0, 0.05) is 25.2 Å². The van der Waals surface area contributed by atoms with E-state index in [-0.39, 0.29) is 5.75 Å². The highest BCUT2D eigenvalue weighted by atomic mass is 16.5. The molecule has 1 N–H and O–H groups in total. The molecule has 134 valence electrons. The Morgan fingerprint density at radius 3 is 2.42 bits per heavy atom. The second-order valence-electron chi connectivity index (χ2n) is 6.55. The van der Waals surface area contributed by atoms with E-state index in [0.29, 0.717) is 17.4 Å². The number of morpholine rings is 1. The summed E-state index contributed by atoms with van der Waals surface area (Å²) in [4.78, 5) is 2.45. The van der Waals surface area contributed by atoms with E-state index in [1.807, 2.05) is 12.1 Å². The molecule has 1 aliphatic heterocycles. The molecule has 3 aromatic rings. The lowest BCUT2D eigenvalue weighted by molar-refractivity contribution is 0.0198. The zero-order valence-electron chi connectivity index (χ0n) is 14.8. The molecular weight excluding hydrogens is 328 g/mol. The number of phenols is 1. The van der Waals surface area contributed by atoms with E-state index in [0.717, 1.165) is 37.4 Å². The molecule has 2 heterocycles. The van der Waals surface area contributed by atoms with Gasteiger partial charge in [-0.3, -0.25) is 4.90 Å². The van der Waals surface area contributed by atoms with Gasteiger partial charge in [-0.15, -0.1) is 0 Å². The molecule has 0 aliphatic carbocycles. The van der Waals surface area contributed by atoms with Gasteiger partial charge in [0.25, 0.3) is 0 Å². The normalized spacial score (nSPS) is 16.5. The molecule has 0 saturated carbocycles. The van der Waals surface area contributed by atoms with Gasteiger partial charge in [0.15, 0.2) is 5.76 Å². The molecule has 1 atom stereocenters. The van der Waals surface area contributed by atoms with Gasteiger partial charge in [-0.05, 0) is 35.7 Å². The first-order valence-electron chi connectivity index (χ1n) is 8.88. The number of benzene rings is 2. The van der Waals surface area contributed by atoms with Crippen molar-refractivity contribution in [1.82, 2.24) is 10.1 Å². The Balaban J connectivity index is 1.58. The van der Waals surface area contributed by atoms with Crippen LogP contribution in [0.15, 0.2) is 59.3 Å². The van der Waals surface area contributed by atoms with Crippen molar-refractivity contribution >= 4 is 0 Å². The summed E-state index contributed by atoms with van der Waals surface area (Å²) in [5.74, 6) is 0.741. The van der Waals surface area contributed by atoms with Crippen LogP contribution in [0.5, 0.6) is 5.75 Å². The van der Waals surface area contributed by atoms with Gasteiger partial charge < -0.3 is 14.4 Å². The molecule has 1 saturated heterocycles. The molecule has 0 bridgehead atoms. The number of aromatic nitrogens is 1. The molecule has 0 unspecified atom stereocenters. The van der Waals surface area contributed by atoms with E-state index < -0.39 is 0 Å². The summed E-state index contributed by atoms with van der Waals surface area (Å²) in [5.41, 5.74) is 4.07. The predicted molar refractivity (Wildman–Crippen MR) is 99.8 cm³/mol. The van der Waals surface area contributed by atoms with Gasteiger partial charge >= 0.3 is 0 Å². The van der Waals surface area contributed by atoms with Crippen molar-refractivity contribution in [1.29, 1.82) is 0 Å². The monoisotopic (exact) mass is 350 g/mol. The third-order valence-corrected chi connectivity index (χ3v) is 5.02. The minimum absolute atomic E-state index is 0.183. The van der Waals surface area contributed by atoms with E-state index in [4.69, 9.17) is 9.26 Å². The first-order chi connectivity index (χ1) is 12.7. The summed E-state index contributed by atoms with van der Waals surface area (Å²) < 4.78 is 10.6. The Kier molecular flexibility index (Phi) is 4.73. The quantitative estimate of drug-likeness (QED) is 0.767. The Labute approximate surface area is 152 Å². The smallest absolute Gasteiger partial charge is 0.170 e. The fourth-order valence-corrected chi connectivity index (χ4v) is 3.40. The average molecular weight is 350 g/mol. The summed E-state index contributed by atoms with van der Waals surface area (Å²) in [6.45, 7) is 5.80. The van der Waals surface area contributed by atoms with Crippen LogP contribution in [0.25, 0.3) is 22.5 Å². The van der Waals surface area contributed by atoms with Crippen molar-refractivity contribution in [3.63, 3.8) is 0 Å². The molecule has 26 heavy (non-hydrogen) atoms. The average Bonchev–Trinajstić information content (AvgIpc) is 3.23. The first-order valence-corrected chi connectivity index (χ1v) is 8.88. The molecule has 0 radical (unpaired) electrons. The van der Waals surface area contributed by atoms with Crippen molar-refractivity contribution in [2.45, 2.75) is 13.0 Å². The Bertz CT molecular complexity index is 853. The molecule has 1 fully saturated rings. The molecule has 5 heteroatoms. The molecule has 5 nitrogen and oxygen atoms in total. The van der Waals surface area contributed by atoms with Crippen molar-refractivity contribution < 1.29 is 14.4 Å². The Morgan fingerprint density at radius 1 is 1.00 bits per heavy atom. The largest absolute Gasteiger partial charge is 0.507 e. The fourth-order valence-electron chi connectivity index (χ4n) is 3.40. The van der Waals surface area contributed by atoms with Gasteiger partial charge in [0.1, 0.15) is 5.75 Å². The summed E-state index contributed by atoms with van der Waals surface area (Å²) in [6.07, 6.45) is 1.57. The van der Waals surface area contributed by atoms with Gasteiger partial charge in [0.05, 0.1) is 25.0 Å². The van der Waals surface area contributed by atoms with Crippen LogP contribution in [0.2, 0.25) is 0 Å². The van der Waals surface area contributed by atoms with Crippen LogP contribution in [0, 0.1) is 0 Å². The first kappa shape index (κ1) is 16.8. The van der Waals surface area contributed by atoms with Crippen molar-refractivity contribution in [3.05, 3.63) is 60.3 Å². The second kappa shape index (κ2) is 7.32. The van der Waals surface area contributed by atoms with E-state index in [1.54, 1.807) is 18.3 Å². The number of aromatic hydroxyl groups is 1. The summed E-state index contributed by atoms with van der Waals surface area (Å²) in [6, 6.07) is 16.3.